The van der Waals surface area contributed by atoms with Crippen molar-refractivity contribution >= 4 is 0 Å². The van der Waals surface area contributed by atoms with Crippen molar-refractivity contribution in [3.8, 4) is 0 Å². The van der Waals surface area contributed by atoms with Gasteiger partial charge in [-0.2, -0.15) is 0 Å². The molecule has 7 fully saturated rings. The molecule has 7 saturated carbocycles. The van der Waals surface area contributed by atoms with Crippen LogP contribution in [0.2, 0.25) is 0 Å². The third-order valence-corrected chi connectivity index (χ3v) is 7.99. The van der Waals surface area contributed by atoms with E-state index in [1.807, 2.05) is 0 Å². The first-order chi connectivity index (χ1) is 8.28. The van der Waals surface area contributed by atoms with E-state index in [4.69, 9.17) is 0 Å². The Hall–Kier alpha value is -0.0800. The number of aliphatic hydroxyl groups is 2. The summed E-state index contributed by atoms with van der Waals surface area (Å²) in [5.74, 6) is 2.14. The highest BCUT2D eigenvalue weighted by Gasteiger charge is 2.78. The predicted molar refractivity (Wildman–Crippen MR) is 67.8 cm³/mol. The quantitative estimate of drug-likeness (QED) is 0.691. The summed E-state index contributed by atoms with van der Waals surface area (Å²) in [4.78, 5) is 0. The summed E-state index contributed by atoms with van der Waals surface area (Å²) in [6, 6.07) is 0. The second kappa shape index (κ2) is 2.44. The van der Waals surface area contributed by atoms with Crippen molar-refractivity contribution in [3.05, 3.63) is 0 Å². The first kappa shape index (κ1) is 10.7. The maximum Gasteiger partial charge on any atom is 0.0716 e. The first-order valence-corrected chi connectivity index (χ1v) is 7.73. The van der Waals surface area contributed by atoms with E-state index in [0.717, 1.165) is 25.7 Å². The zero-order valence-electron chi connectivity index (χ0n) is 11.4. The van der Waals surface area contributed by atoms with E-state index < -0.39 is 11.2 Å². The van der Waals surface area contributed by atoms with Crippen molar-refractivity contribution in [3.63, 3.8) is 0 Å². The van der Waals surface area contributed by atoms with Crippen molar-refractivity contribution in [1.82, 2.24) is 0 Å². The Morgan fingerprint density at radius 2 is 1.33 bits per heavy atom. The van der Waals surface area contributed by atoms with Gasteiger partial charge in [0.1, 0.15) is 0 Å². The van der Waals surface area contributed by atoms with Crippen LogP contribution in [0, 0.1) is 34.5 Å². The fourth-order valence-corrected chi connectivity index (χ4v) is 7.81. The van der Waals surface area contributed by atoms with Gasteiger partial charge in [0.25, 0.3) is 0 Å². The molecule has 0 aromatic rings. The summed E-state index contributed by atoms with van der Waals surface area (Å²) in [5.41, 5.74) is -0.142. The Bertz CT molecular complexity index is 388. The Kier molecular flexibility index (Phi) is 1.45. The smallest absolute Gasteiger partial charge is 0.0716 e. The molecular weight excluding hydrogens is 224 g/mol. The number of rotatable bonds is 0. The molecule has 0 amide bonds. The number of hydrogen-bond acceptors (Lipinski definition) is 2. The molecule has 0 saturated heterocycles. The summed E-state index contributed by atoms with van der Waals surface area (Å²) in [7, 11) is 0. The number of hydrogen-bond donors (Lipinski definition) is 2. The second-order valence-electron chi connectivity index (χ2n) is 9.13. The molecule has 7 aliphatic carbocycles. The maximum absolute atomic E-state index is 11.3. The molecule has 0 aromatic heterocycles. The van der Waals surface area contributed by atoms with E-state index in [-0.39, 0.29) is 0 Å². The Labute approximate surface area is 109 Å². The molecule has 7 rings (SSSR count). The van der Waals surface area contributed by atoms with E-state index >= 15 is 0 Å². The Morgan fingerprint density at radius 3 is 1.89 bits per heavy atom. The molecule has 2 nitrogen and oxygen atoms in total. The van der Waals surface area contributed by atoms with Crippen LogP contribution in [0.3, 0.4) is 0 Å². The SMILES string of the molecule is CC12CC3C4CC5(O)CC(C(C1)C3(C)C5)C4(O)C2. The van der Waals surface area contributed by atoms with Gasteiger partial charge in [-0.15, -0.1) is 0 Å². The summed E-state index contributed by atoms with van der Waals surface area (Å²) < 4.78 is 0. The van der Waals surface area contributed by atoms with E-state index in [1.165, 1.54) is 12.8 Å². The van der Waals surface area contributed by atoms with Crippen LogP contribution in [0.4, 0.5) is 0 Å². The largest absolute Gasteiger partial charge is 0.390 e. The first-order valence-electron chi connectivity index (χ1n) is 7.73. The van der Waals surface area contributed by atoms with Gasteiger partial charge in [-0.3, -0.25) is 0 Å². The molecule has 0 aliphatic heterocycles. The Morgan fingerprint density at radius 1 is 0.778 bits per heavy atom. The van der Waals surface area contributed by atoms with Gasteiger partial charge in [-0.25, -0.2) is 0 Å². The van der Waals surface area contributed by atoms with Crippen molar-refractivity contribution in [1.29, 1.82) is 0 Å². The van der Waals surface area contributed by atoms with Crippen molar-refractivity contribution < 1.29 is 10.2 Å². The molecule has 0 aromatic carbocycles. The van der Waals surface area contributed by atoms with Crippen molar-refractivity contribution in [2.24, 2.45) is 34.5 Å². The highest BCUT2D eigenvalue weighted by molar-refractivity contribution is 5.27. The van der Waals surface area contributed by atoms with E-state index in [2.05, 4.69) is 13.8 Å². The lowest BCUT2D eigenvalue weighted by atomic mass is 9.27. The average Bonchev–Trinajstić information content (AvgIpc) is 2.23. The standard InChI is InChI=1S/C16H24O2/c1-13-3-9-11-5-15(17)6-12(16(11,18)7-13)10(4-13)14(9,2)8-15/h9-12,17-18H,3-8H2,1-2H3. The van der Waals surface area contributed by atoms with Crippen LogP contribution in [0.1, 0.15) is 52.4 Å². The van der Waals surface area contributed by atoms with Crippen LogP contribution < -0.4 is 0 Å². The van der Waals surface area contributed by atoms with Gasteiger partial charge in [0.2, 0.25) is 0 Å². The van der Waals surface area contributed by atoms with Crippen molar-refractivity contribution in [2.45, 2.75) is 63.6 Å². The van der Waals surface area contributed by atoms with E-state index in [9.17, 15) is 10.2 Å². The lowest BCUT2D eigenvalue weighted by Crippen LogP contribution is -2.79. The second-order valence-corrected chi connectivity index (χ2v) is 9.13. The highest BCUT2D eigenvalue weighted by Crippen LogP contribution is 2.79. The van der Waals surface area contributed by atoms with Crippen LogP contribution >= 0.6 is 0 Å². The van der Waals surface area contributed by atoms with Gasteiger partial charge < -0.3 is 10.2 Å². The zero-order valence-corrected chi connectivity index (χ0v) is 11.4. The maximum atomic E-state index is 11.3. The third kappa shape index (κ3) is 0.867. The average molecular weight is 248 g/mol. The predicted octanol–water partition coefficient (Wildman–Crippen LogP) is 2.33. The summed E-state index contributed by atoms with van der Waals surface area (Å²) in [6.45, 7) is 4.83. The summed E-state index contributed by atoms with van der Waals surface area (Å²) in [5, 5.41) is 22.1. The summed E-state index contributed by atoms with van der Waals surface area (Å²) >= 11 is 0. The molecule has 0 heterocycles. The van der Waals surface area contributed by atoms with Crippen LogP contribution in [0.25, 0.3) is 0 Å². The molecule has 100 valence electrons. The lowest BCUT2D eigenvalue weighted by molar-refractivity contribution is -0.361. The van der Waals surface area contributed by atoms with Gasteiger partial charge in [-0.05, 0) is 73.0 Å². The van der Waals surface area contributed by atoms with Crippen LogP contribution in [-0.4, -0.2) is 21.4 Å². The highest BCUT2D eigenvalue weighted by atomic mass is 16.3. The van der Waals surface area contributed by atoms with Crippen LogP contribution in [0.5, 0.6) is 0 Å². The minimum Gasteiger partial charge on any atom is -0.390 e. The molecule has 18 heavy (non-hydrogen) atoms. The fraction of sp³-hybridized carbons (Fsp3) is 1.00. The lowest BCUT2D eigenvalue weighted by Gasteiger charge is -2.79. The molecule has 2 heteroatoms. The summed E-state index contributed by atoms with van der Waals surface area (Å²) in [6.07, 6.45) is 6.38. The molecule has 8 bridgehead atoms. The molecule has 4 unspecified atom stereocenters. The minimum absolute atomic E-state index is 0.326. The minimum atomic E-state index is -0.436. The third-order valence-electron chi connectivity index (χ3n) is 7.99. The van der Waals surface area contributed by atoms with E-state index in [1.54, 1.807) is 0 Å². The van der Waals surface area contributed by atoms with Gasteiger partial charge >= 0.3 is 0 Å². The van der Waals surface area contributed by atoms with Gasteiger partial charge in [-0.1, -0.05) is 13.8 Å². The normalized spacial score (nSPS) is 75.3. The molecule has 7 aliphatic rings. The Balaban J connectivity index is 1.76. The van der Waals surface area contributed by atoms with E-state index in [0.29, 0.717) is 34.5 Å². The molecule has 2 N–H and O–H groups in total. The molecule has 4 atom stereocenters. The van der Waals surface area contributed by atoms with Gasteiger partial charge in [0, 0.05) is 0 Å². The fourth-order valence-electron chi connectivity index (χ4n) is 7.81. The molecule has 0 spiro atoms. The van der Waals surface area contributed by atoms with Crippen molar-refractivity contribution in [2.75, 3.05) is 0 Å². The van der Waals surface area contributed by atoms with Gasteiger partial charge in [0.05, 0.1) is 11.2 Å². The monoisotopic (exact) mass is 248 g/mol. The topological polar surface area (TPSA) is 40.5 Å². The van der Waals surface area contributed by atoms with Crippen LogP contribution in [0.15, 0.2) is 0 Å². The zero-order chi connectivity index (χ0) is 12.6. The molecule has 0 radical (unpaired) electrons. The van der Waals surface area contributed by atoms with Gasteiger partial charge in [0.15, 0.2) is 0 Å². The van der Waals surface area contributed by atoms with Crippen LogP contribution in [-0.2, 0) is 0 Å². The molecular formula is C16H24O2.